The van der Waals surface area contributed by atoms with Crippen LogP contribution in [0.1, 0.15) is 0 Å². The van der Waals surface area contributed by atoms with E-state index in [-0.39, 0.29) is 0 Å². The molecule has 2 rings (SSSR count). The molecule has 1 N–H and O–H groups in total. The predicted molar refractivity (Wildman–Crippen MR) is 60.2 cm³/mol. The highest BCUT2D eigenvalue weighted by molar-refractivity contribution is 9.10. The van der Waals surface area contributed by atoms with Gasteiger partial charge >= 0.3 is 7.69 Å². The van der Waals surface area contributed by atoms with Gasteiger partial charge in [0, 0.05) is 4.47 Å². The van der Waals surface area contributed by atoms with E-state index in [1.54, 1.807) is 0 Å². The summed E-state index contributed by atoms with van der Waals surface area (Å²) in [6.45, 7) is 0. The molecule has 0 atom stereocenters. The zero-order valence-electron chi connectivity index (χ0n) is 7.27. The van der Waals surface area contributed by atoms with E-state index in [0.717, 1.165) is 15.2 Å². The summed E-state index contributed by atoms with van der Waals surface area (Å²) in [6.07, 6.45) is 0. The van der Waals surface area contributed by atoms with Crippen LogP contribution >= 0.6 is 15.9 Å². The monoisotopic (exact) mass is 249 g/mol. The van der Waals surface area contributed by atoms with Crippen molar-refractivity contribution in [1.29, 1.82) is 0 Å². The summed E-state index contributed by atoms with van der Waals surface area (Å²) < 4.78 is 5.89. The molecule has 14 heavy (non-hydrogen) atoms. The Hall–Kier alpha value is -0.995. The average Bonchev–Trinajstić information content (AvgIpc) is 2.20. The van der Waals surface area contributed by atoms with Crippen molar-refractivity contribution in [1.82, 2.24) is 0 Å². The summed E-state index contributed by atoms with van der Waals surface area (Å²) in [4.78, 5) is 0. The van der Waals surface area contributed by atoms with Crippen LogP contribution in [-0.2, 0) is 0 Å². The van der Waals surface area contributed by atoms with Crippen LogP contribution in [0.4, 0.5) is 0 Å². The summed E-state index contributed by atoms with van der Waals surface area (Å²) in [5.74, 6) is 0.618. The fourth-order valence-corrected chi connectivity index (χ4v) is 1.84. The Kier molecular flexibility index (Phi) is 2.75. The molecule has 0 saturated heterocycles. The summed E-state index contributed by atoms with van der Waals surface area (Å²) in [7, 11) is 0.679. The minimum absolute atomic E-state index is 0.618. The second-order valence-electron chi connectivity index (χ2n) is 2.85. The molecule has 2 aromatic carbocycles. The first-order valence-electron chi connectivity index (χ1n) is 4.12. The van der Waals surface area contributed by atoms with Gasteiger partial charge in [-0.1, -0.05) is 34.1 Å². The van der Waals surface area contributed by atoms with E-state index in [0.29, 0.717) is 13.4 Å². The lowest BCUT2D eigenvalue weighted by atomic mass is 10.1. The highest BCUT2D eigenvalue weighted by Crippen LogP contribution is 2.27. The highest BCUT2D eigenvalue weighted by Gasteiger charge is 2.00. The summed E-state index contributed by atoms with van der Waals surface area (Å²) in [6, 6.07) is 11.6. The molecule has 0 saturated carbocycles. The quantitative estimate of drug-likeness (QED) is 0.829. The van der Waals surface area contributed by atoms with Crippen molar-refractivity contribution >= 4 is 34.4 Å². The van der Waals surface area contributed by atoms with E-state index in [1.165, 1.54) is 0 Å². The Morgan fingerprint density at radius 3 is 2.86 bits per heavy atom. The maximum atomic E-state index is 8.50. The molecule has 0 heterocycles. The third kappa shape index (κ3) is 1.76. The van der Waals surface area contributed by atoms with Gasteiger partial charge in [0.2, 0.25) is 0 Å². The second kappa shape index (κ2) is 4.03. The number of halogens is 1. The first-order valence-corrected chi connectivity index (χ1v) is 4.91. The molecule has 0 amide bonds. The van der Waals surface area contributed by atoms with Crippen molar-refractivity contribution in [2.24, 2.45) is 0 Å². The Morgan fingerprint density at radius 2 is 2.07 bits per heavy atom. The van der Waals surface area contributed by atoms with E-state index in [2.05, 4.69) is 15.9 Å². The number of benzene rings is 2. The molecule has 0 spiro atoms. The van der Waals surface area contributed by atoms with Crippen molar-refractivity contribution in [3.63, 3.8) is 0 Å². The first-order chi connectivity index (χ1) is 6.81. The van der Waals surface area contributed by atoms with Crippen LogP contribution in [0, 0.1) is 0 Å². The second-order valence-corrected chi connectivity index (χ2v) is 3.70. The molecular weight excluding hydrogens is 243 g/mol. The van der Waals surface area contributed by atoms with Gasteiger partial charge in [-0.25, -0.2) is 0 Å². The molecule has 0 unspecified atom stereocenters. The van der Waals surface area contributed by atoms with Crippen molar-refractivity contribution in [3.05, 3.63) is 40.9 Å². The number of hydrogen-bond donors (Lipinski definition) is 1. The molecule has 2 nitrogen and oxygen atoms in total. The fraction of sp³-hybridized carbons (Fsp3) is 0. The largest absolute Gasteiger partial charge is 0.569 e. The standard InChI is InChI=1S/C10H7BBrO2/c12-10-3-1-2-7-4-5-8(14-11-13)6-9(7)10/h1-6,13H. The Morgan fingerprint density at radius 1 is 1.21 bits per heavy atom. The predicted octanol–water partition coefficient (Wildman–Crippen LogP) is 2.51. The van der Waals surface area contributed by atoms with Gasteiger partial charge in [-0.05, 0) is 29.0 Å². The van der Waals surface area contributed by atoms with Crippen LogP contribution in [0.3, 0.4) is 0 Å². The maximum Gasteiger partial charge on any atom is 0.569 e. The van der Waals surface area contributed by atoms with Crippen molar-refractivity contribution in [3.8, 4) is 5.75 Å². The molecule has 1 radical (unpaired) electrons. The summed E-state index contributed by atoms with van der Waals surface area (Å²) in [5.41, 5.74) is 0. The van der Waals surface area contributed by atoms with Gasteiger partial charge in [-0.2, -0.15) is 0 Å². The molecular formula is C10H7BBrO2. The van der Waals surface area contributed by atoms with E-state index >= 15 is 0 Å². The van der Waals surface area contributed by atoms with E-state index in [4.69, 9.17) is 9.68 Å². The van der Waals surface area contributed by atoms with Gasteiger partial charge in [0.1, 0.15) is 5.75 Å². The average molecular weight is 250 g/mol. The number of fused-ring (bicyclic) bond motifs is 1. The first kappa shape index (κ1) is 9.56. The zero-order valence-corrected chi connectivity index (χ0v) is 8.86. The Balaban J connectivity index is 2.58. The summed E-state index contributed by atoms with van der Waals surface area (Å²) in [5, 5.41) is 10.7. The third-order valence-electron chi connectivity index (χ3n) is 1.99. The zero-order chi connectivity index (χ0) is 9.97. The topological polar surface area (TPSA) is 29.5 Å². The van der Waals surface area contributed by atoms with Crippen LogP contribution in [-0.4, -0.2) is 12.7 Å². The van der Waals surface area contributed by atoms with Gasteiger partial charge in [-0.15, -0.1) is 0 Å². The minimum atomic E-state index is 0.618. The molecule has 0 aliphatic rings. The molecule has 0 aliphatic carbocycles. The molecule has 4 heteroatoms. The lowest BCUT2D eigenvalue weighted by molar-refractivity contribution is 0.454. The van der Waals surface area contributed by atoms with Crippen LogP contribution in [0.15, 0.2) is 40.9 Å². The minimum Gasteiger partial charge on any atom is -0.537 e. The maximum absolute atomic E-state index is 8.50. The van der Waals surface area contributed by atoms with Crippen LogP contribution in [0.25, 0.3) is 10.8 Å². The number of rotatable bonds is 2. The van der Waals surface area contributed by atoms with Gasteiger partial charge in [-0.3, -0.25) is 0 Å². The van der Waals surface area contributed by atoms with Gasteiger partial charge < -0.3 is 9.68 Å². The van der Waals surface area contributed by atoms with Crippen molar-refractivity contribution in [2.75, 3.05) is 0 Å². The van der Waals surface area contributed by atoms with Gasteiger partial charge in [0.15, 0.2) is 0 Å². The Bertz CT molecular complexity index is 459. The molecule has 0 bridgehead atoms. The van der Waals surface area contributed by atoms with Crippen LogP contribution < -0.4 is 4.65 Å². The van der Waals surface area contributed by atoms with Crippen molar-refractivity contribution in [2.45, 2.75) is 0 Å². The lowest BCUT2D eigenvalue weighted by Gasteiger charge is -2.04. The van der Waals surface area contributed by atoms with E-state index in [9.17, 15) is 0 Å². The lowest BCUT2D eigenvalue weighted by Crippen LogP contribution is -1.99. The molecule has 0 fully saturated rings. The molecule has 0 aromatic heterocycles. The molecule has 2 aromatic rings. The smallest absolute Gasteiger partial charge is 0.537 e. The van der Waals surface area contributed by atoms with Crippen LogP contribution in [0.5, 0.6) is 5.75 Å². The molecule has 0 aliphatic heterocycles. The van der Waals surface area contributed by atoms with Gasteiger partial charge in [0.25, 0.3) is 0 Å². The summed E-state index contributed by atoms with van der Waals surface area (Å²) >= 11 is 3.45. The SMILES string of the molecule is O[B]Oc1ccc2cccc(Br)c2c1. The normalized spacial score (nSPS) is 10.1. The fourth-order valence-electron chi connectivity index (χ4n) is 1.35. The highest BCUT2D eigenvalue weighted by atomic mass is 79.9. The van der Waals surface area contributed by atoms with Gasteiger partial charge in [0.05, 0.1) is 0 Å². The van der Waals surface area contributed by atoms with E-state index < -0.39 is 0 Å². The Labute approximate surface area is 90.9 Å². The van der Waals surface area contributed by atoms with Crippen molar-refractivity contribution < 1.29 is 9.68 Å². The third-order valence-corrected chi connectivity index (χ3v) is 2.68. The molecule has 69 valence electrons. The number of hydrogen-bond acceptors (Lipinski definition) is 2. The van der Waals surface area contributed by atoms with Crippen LogP contribution in [0.2, 0.25) is 0 Å². The van der Waals surface area contributed by atoms with E-state index in [1.807, 2.05) is 36.4 Å².